The largest absolute Gasteiger partial charge is 0.790 e. The molecule has 4 saturated heterocycles. The van der Waals surface area contributed by atoms with Crippen LogP contribution in [-0.2, 0) is 99.1 Å². The minimum Gasteiger partial charge on any atom is -0.790 e. The maximum absolute atomic E-state index is 15.2. The van der Waals surface area contributed by atoms with Gasteiger partial charge in [0.05, 0.1) is 79.6 Å². The molecular formula is C86H150N2O38P2-6. The fraction of sp³-hybridized carbons (Fsp3) is 0.919. The second-order valence-electron chi connectivity index (χ2n) is 34.6. The zero-order chi connectivity index (χ0) is 95.0. The van der Waals surface area contributed by atoms with Crippen LogP contribution in [-0.4, -0.2) is 270 Å². The van der Waals surface area contributed by atoms with Crippen molar-refractivity contribution in [3.05, 3.63) is 0 Å². The van der Waals surface area contributed by atoms with E-state index in [2.05, 4.69) is 31.4 Å². The number of aliphatic hydroxyl groups excluding tert-OH is 11. The summed E-state index contributed by atoms with van der Waals surface area (Å²) in [6, 6.07) is -4.57. The monoisotopic (exact) mass is 1880 g/mol. The maximum Gasteiger partial charge on any atom is 0.335 e. The SMILES string of the molecule is CCCCCCCCCCCC(=O)O[C@H](CCCCCCCCC)CC(=O)N[C@H]1[C@H](OC[C@H]2O[C@H](OP(=O)([O-])[O-])[C@H](NC(=O)C[C@@H](CCCCCCCCC)OC(=O)[C@@H](O)CCCCCCCCCC)[C@@H](O)[C@@H]2O)O[C@H](CO[C@]2(C(=O)[O-])C[C@@H](O[C@]3(C(=O)[O-])C[C@@H](O)[C@@H](O)[C@@H]([C@H](O)CO)O3)[C@@H](O)[C@@H]([C@H](O)CO)O2)[C@@H](OP(=O)([O-])[O-])[C@@H]1OC(=O)C[C@H](O)CCCCCCC. The molecular weight excluding hydrogens is 1730 g/mol. The molecule has 40 nitrogen and oxygen atoms in total. The molecule has 4 heterocycles. The summed E-state index contributed by atoms with van der Waals surface area (Å²) in [6.45, 7) is 4.57. The third-order valence-electron chi connectivity index (χ3n) is 23.6. The molecule has 0 unspecified atom stereocenters. The second-order valence-corrected chi connectivity index (χ2v) is 36.8. The highest BCUT2D eigenvalue weighted by atomic mass is 31.2. The van der Waals surface area contributed by atoms with Gasteiger partial charge >= 0.3 is 17.9 Å². The fourth-order valence-electron chi connectivity index (χ4n) is 16.3. The first kappa shape index (κ1) is 116. The molecule has 13 N–H and O–H groups in total. The number of hydrogen-bond acceptors (Lipinski definition) is 38. The molecule has 42 heteroatoms. The third-order valence-corrected chi connectivity index (χ3v) is 24.6. The van der Waals surface area contributed by atoms with Gasteiger partial charge in [0.1, 0.15) is 103 Å². The number of carbonyl (C=O) groups excluding carboxylic acids is 7. The van der Waals surface area contributed by atoms with E-state index < -0.39 is 262 Å². The van der Waals surface area contributed by atoms with E-state index in [9.17, 15) is 124 Å². The number of nitrogens with one attached hydrogen (secondary N) is 2. The molecule has 0 aromatic heterocycles. The van der Waals surface area contributed by atoms with Gasteiger partial charge in [0, 0.05) is 19.3 Å². The summed E-state index contributed by atoms with van der Waals surface area (Å²) < 4.78 is 94.7. The number of phosphoric ester groups is 2. The summed E-state index contributed by atoms with van der Waals surface area (Å²) in [4.78, 5) is 151. The molecule has 0 aromatic carbocycles. The molecule has 0 spiro atoms. The Balaban J connectivity index is 1.93. The number of rotatable bonds is 71. The van der Waals surface area contributed by atoms with Crippen LogP contribution >= 0.6 is 15.6 Å². The van der Waals surface area contributed by atoms with Crippen molar-refractivity contribution in [3.8, 4) is 0 Å². The Hall–Kier alpha value is -4.21. The fourth-order valence-corrected chi connectivity index (χ4v) is 17.3. The van der Waals surface area contributed by atoms with E-state index in [0.717, 1.165) is 173 Å². The first-order valence-electron chi connectivity index (χ1n) is 46.8. The zero-order valence-corrected chi connectivity index (χ0v) is 77.2. The first-order chi connectivity index (χ1) is 60.9. The summed E-state index contributed by atoms with van der Waals surface area (Å²) in [5.41, 5.74) is 0. The van der Waals surface area contributed by atoms with Crippen LogP contribution in [0.15, 0.2) is 0 Å². The Bertz CT molecular complexity index is 3220. The number of aliphatic carboxylic acids is 2. The van der Waals surface area contributed by atoms with Gasteiger partial charge in [-0.3, -0.25) is 19.2 Å². The predicted molar refractivity (Wildman–Crippen MR) is 443 cm³/mol. The number of aliphatic hydroxyl groups is 11. The van der Waals surface area contributed by atoms with Gasteiger partial charge in [0.15, 0.2) is 24.8 Å². The number of esters is 3. The van der Waals surface area contributed by atoms with Gasteiger partial charge in [-0.05, 0) is 44.9 Å². The van der Waals surface area contributed by atoms with Crippen molar-refractivity contribution in [2.45, 2.75) is 476 Å². The van der Waals surface area contributed by atoms with E-state index in [4.69, 9.17) is 56.4 Å². The van der Waals surface area contributed by atoms with E-state index in [0.29, 0.717) is 57.8 Å². The van der Waals surface area contributed by atoms with Crippen molar-refractivity contribution in [1.29, 1.82) is 0 Å². The number of amides is 2. The van der Waals surface area contributed by atoms with Crippen molar-refractivity contribution >= 4 is 57.3 Å². The van der Waals surface area contributed by atoms with Crippen molar-refractivity contribution in [1.82, 2.24) is 10.6 Å². The summed E-state index contributed by atoms with van der Waals surface area (Å²) in [5.74, 6) is -17.6. The lowest BCUT2D eigenvalue weighted by Gasteiger charge is -2.53. The highest BCUT2D eigenvalue weighted by Crippen LogP contribution is 2.43. The van der Waals surface area contributed by atoms with Crippen LogP contribution < -0.4 is 40.4 Å². The number of carboxylic acids is 2. The normalized spacial score (nSPS) is 27.8. The molecule has 0 bridgehead atoms. The highest BCUT2D eigenvalue weighted by molar-refractivity contribution is 7.43. The topological polar surface area (TPSA) is 649 Å². The maximum atomic E-state index is 15.2. The van der Waals surface area contributed by atoms with Gasteiger partial charge in [-0.1, -0.05) is 247 Å². The van der Waals surface area contributed by atoms with Gasteiger partial charge < -0.3 is 172 Å². The number of carboxylic acid groups (broad SMARTS) is 2. The molecule has 4 aliphatic rings. The quantitative estimate of drug-likeness (QED) is 0.0178. The number of ether oxygens (including phenoxy) is 10. The molecule has 24 atom stereocenters. The Kier molecular flexibility index (Phi) is 56.6. The number of hydrogen-bond donors (Lipinski definition) is 13. The predicted octanol–water partition coefficient (Wildman–Crippen LogP) is 1.59. The zero-order valence-electron chi connectivity index (χ0n) is 75.4. The molecule has 4 fully saturated rings. The van der Waals surface area contributed by atoms with Crippen LogP contribution in [0.3, 0.4) is 0 Å². The number of unbranched alkanes of at least 4 members (excludes halogenated alkanes) is 31. The molecule has 2 amide bonds. The van der Waals surface area contributed by atoms with Crippen LogP contribution in [0.1, 0.15) is 330 Å². The molecule has 0 aromatic rings. The van der Waals surface area contributed by atoms with Crippen molar-refractivity contribution in [2.75, 3.05) is 26.4 Å². The molecule has 4 rings (SSSR count). The average molecular weight is 1880 g/mol. The number of carbonyl (C=O) groups is 7. The summed E-state index contributed by atoms with van der Waals surface area (Å²) in [6.07, 6.45) is -20.2. The van der Waals surface area contributed by atoms with Crippen molar-refractivity contribution in [2.24, 2.45) is 0 Å². The Labute approximate surface area is 752 Å². The molecule has 0 radical (unpaired) electrons. The van der Waals surface area contributed by atoms with E-state index in [-0.39, 0.29) is 32.1 Å². The first-order valence-corrected chi connectivity index (χ1v) is 49.7. The Morgan fingerprint density at radius 2 is 0.867 bits per heavy atom. The van der Waals surface area contributed by atoms with Crippen molar-refractivity contribution in [3.63, 3.8) is 0 Å². The average Bonchev–Trinajstić information content (AvgIpc) is 0.752. The lowest BCUT2D eigenvalue weighted by Crippen LogP contribution is -2.71. The lowest BCUT2D eigenvalue weighted by molar-refractivity contribution is -0.420. The molecule has 748 valence electrons. The summed E-state index contributed by atoms with van der Waals surface area (Å²) >= 11 is 0. The minimum atomic E-state index is -6.64. The van der Waals surface area contributed by atoms with Gasteiger partial charge in [0.25, 0.3) is 0 Å². The number of phosphoric acid groups is 2. The lowest BCUT2D eigenvalue weighted by atomic mass is 9.90. The van der Waals surface area contributed by atoms with Crippen LogP contribution in [0.4, 0.5) is 0 Å². The minimum absolute atomic E-state index is 0.0417. The summed E-state index contributed by atoms with van der Waals surface area (Å²) in [5, 5.41) is 154. The van der Waals surface area contributed by atoms with Crippen LogP contribution in [0.5, 0.6) is 0 Å². The Morgan fingerprint density at radius 1 is 0.445 bits per heavy atom. The van der Waals surface area contributed by atoms with Crippen LogP contribution in [0.25, 0.3) is 0 Å². The van der Waals surface area contributed by atoms with E-state index in [1.165, 1.54) is 0 Å². The highest BCUT2D eigenvalue weighted by Gasteiger charge is 2.59. The smallest absolute Gasteiger partial charge is 0.335 e. The van der Waals surface area contributed by atoms with Gasteiger partial charge in [-0.25, -0.2) is 4.79 Å². The molecule has 128 heavy (non-hydrogen) atoms. The van der Waals surface area contributed by atoms with Gasteiger partial charge in [0.2, 0.25) is 23.4 Å². The second kappa shape index (κ2) is 62.4. The van der Waals surface area contributed by atoms with Gasteiger partial charge in [-0.2, -0.15) is 0 Å². The van der Waals surface area contributed by atoms with E-state index in [1.807, 2.05) is 13.8 Å². The summed E-state index contributed by atoms with van der Waals surface area (Å²) in [7, 11) is -13.0. The van der Waals surface area contributed by atoms with Crippen LogP contribution in [0, 0.1) is 0 Å². The van der Waals surface area contributed by atoms with E-state index in [1.54, 1.807) is 0 Å². The molecule has 0 aliphatic carbocycles. The van der Waals surface area contributed by atoms with Gasteiger partial charge in [-0.15, -0.1) is 0 Å². The standard InChI is InChI=1S/C86H156N2O38P2/c1-6-11-16-21-25-27-31-36-41-46-68(98)117-57(43-38-33-28-23-18-13-8-3)48-67(97)88-71-79(121-69(99)47-56(91)42-37-32-20-15-10-5)78(125-127(109,110)111)65(55-116-85(83(105)106)51-63(74(102)77(123-85)62(95)53-90)122-86(84(107)108)50-60(93)72(100)76(124-86)61(94)52-89)120-81(71)115-54-64-73(101)75(103)70(82(119-64)126-128(112,113)114)87-66(96)49-58(44-39-34-29-24-19-14-9-4)118-80(104)59(92)45-40-35-30-26-22-17-12-7-2/h56-65,70-79,81-82,89-95,100-103H,6-55H2,1-5H3,(H,87,96)(H,88,97)(H,105,106)(H,107,108)(H2,109,110,111)(H2,112,113,114)/p-6/t56-,57-,58-,59+,60-,61-,62-,63-,64-,65-,70-,71-,72-,73-,74-,75-,76-,77-,78-,79-,81-,82-,85-,86-/m1/s1. The third kappa shape index (κ3) is 42.8. The Morgan fingerprint density at radius 3 is 1.34 bits per heavy atom. The van der Waals surface area contributed by atoms with E-state index >= 15 is 4.79 Å². The molecule has 4 aliphatic heterocycles. The van der Waals surface area contributed by atoms with Crippen molar-refractivity contribution < 1.29 is 185 Å². The molecule has 0 saturated carbocycles. The van der Waals surface area contributed by atoms with Crippen LogP contribution in [0.2, 0.25) is 0 Å².